The van der Waals surface area contributed by atoms with Crippen molar-refractivity contribution in [3.8, 4) is 11.5 Å². The van der Waals surface area contributed by atoms with E-state index in [0.717, 1.165) is 24.0 Å². The summed E-state index contributed by atoms with van der Waals surface area (Å²) in [6.45, 7) is 6.02. The number of aryl methyl sites for hydroxylation is 4. The van der Waals surface area contributed by atoms with Crippen molar-refractivity contribution < 1.29 is 9.21 Å². The van der Waals surface area contributed by atoms with E-state index in [1.165, 1.54) is 40.4 Å². The number of Topliss-reactive ketones (excluding diaryl/α,β-unsaturated/α-hetero) is 1. The molecule has 4 nitrogen and oxygen atoms in total. The Morgan fingerprint density at radius 2 is 1.85 bits per heavy atom. The Morgan fingerprint density at radius 1 is 1.04 bits per heavy atom. The lowest BCUT2D eigenvalue weighted by Crippen LogP contribution is -2.13. The van der Waals surface area contributed by atoms with Gasteiger partial charge < -0.3 is 4.42 Å². The number of carbonyl (C=O) groups is 1. The van der Waals surface area contributed by atoms with E-state index in [1.807, 2.05) is 31.2 Å². The van der Waals surface area contributed by atoms with Gasteiger partial charge in [-0.2, -0.15) is 0 Å². The number of ketones is 1. The van der Waals surface area contributed by atoms with Gasteiger partial charge in [-0.1, -0.05) is 30.0 Å². The second kappa shape index (κ2) is 7.31. The third-order valence-corrected chi connectivity index (χ3v) is 6.12. The van der Waals surface area contributed by atoms with Crippen LogP contribution in [0.15, 0.2) is 46.0 Å². The fraction of sp³-hybridized carbons (Fsp3) is 0.318. The number of thioether (sulfide) groups is 1. The van der Waals surface area contributed by atoms with Crippen molar-refractivity contribution in [1.82, 2.24) is 10.2 Å². The highest BCUT2D eigenvalue weighted by Gasteiger charge is 2.22. The SMILES string of the molecule is Cc1ccc(-c2nnc(SC(C)C(=O)c3ccc4c(c3)CCC4)o2)cc1C. The molecule has 1 aliphatic carbocycles. The quantitative estimate of drug-likeness (QED) is 0.451. The van der Waals surface area contributed by atoms with Gasteiger partial charge in [-0.15, -0.1) is 10.2 Å². The van der Waals surface area contributed by atoms with Crippen LogP contribution in [-0.2, 0) is 12.8 Å². The topological polar surface area (TPSA) is 56.0 Å². The molecule has 1 atom stereocenters. The Morgan fingerprint density at radius 3 is 2.67 bits per heavy atom. The van der Waals surface area contributed by atoms with Gasteiger partial charge >= 0.3 is 0 Å². The van der Waals surface area contributed by atoms with E-state index in [4.69, 9.17) is 4.42 Å². The van der Waals surface area contributed by atoms with Crippen molar-refractivity contribution in [3.05, 3.63) is 64.2 Å². The molecule has 1 aromatic heterocycles. The Hall–Kier alpha value is -2.40. The first-order valence-corrected chi connectivity index (χ1v) is 10.1. The van der Waals surface area contributed by atoms with Gasteiger partial charge in [-0.05, 0) is 80.5 Å². The maximum atomic E-state index is 12.8. The molecular formula is C22H22N2O2S. The van der Waals surface area contributed by atoms with Crippen LogP contribution in [0.2, 0.25) is 0 Å². The molecule has 0 saturated carbocycles. The number of fused-ring (bicyclic) bond motifs is 1. The first-order chi connectivity index (χ1) is 13.0. The fourth-order valence-corrected chi connectivity index (χ4v) is 4.17. The molecule has 3 aromatic rings. The molecule has 0 fully saturated rings. The fourth-order valence-electron chi connectivity index (χ4n) is 3.41. The van der Waals surface area contributed by atoms with Crippen LogP contribution in [0, 0.1) is 13.8 Å². The summed E-state index contributed by atoms with van der Waals surface area (Å²) in [5, 5.41) is 8.39. The van der Waals surface area contributed by atoms with Crippen LogP contribution in [0.1, 0.15) is 46.0 Å². The van der Waals surface area contributed by atoms with Gasteiger partial charge in [0, 0.05) is 11.1 Å². The second-order valence-corrected chi connectivity index (χ2v) is 8.43. The van der Waals surface area contributed by atoms with Gasteiger partial charge in [-0.3, -0.25) is 4.79 Å². The first kappa shape index (κ1) is 18.0. The Balaban J connectivity index is 1.48. The van der Waals surface area contributed by atoms with Crippen LogP contribution in [0.25, 0.3) is 11.5 Å². The van der Waals surface area contributed by atoms with Gasteiger partial charge in [0.05, 0.1) is 5.25 Å². The van der Waals surface area contributed by atoms with E-state index in [2.05, 4.69) is 36.2 Å². The number of carbonyl (C=O) groups excluding carboxylic acids is 1. The molecule has 1 aliphatic rings. The highest BCUT2D eigenvalue weighted by atomic mass is 32.2. The number of benzene rings is 2. The Kier molecular flexibility index (Phi) is 4.87. The van der Waals surface area contributed by atoms with Crippen molar-refractivity contribution in [3.63, 3.8) is 0 Å². The largest absolute Gasteiger partial charge is 0.411 e. The standard InChI is InChI=1S/C22H22N2O2S/c1-13-7-8-19(11-14(13)2)21-23-24-22(26-21)27-15(3)20(25)18-10-9-16-5-4-6-17(16)12-18/h7-12,15H,4-6H2,1-3H3. The molecule has 0 radical (unpaired) electrons. The normalized spacial score (nSPS) is 14.2. The van der Waals surface area contributed by atoms with Crippen LogP contribution >= 0.6 is 11.8 Å². The summed E-state index contributed by atoms with van der Waals surface area (Å²) in [4.78, 5) is 12.8. The van der Waals surface area contributed by atoms with Gasteiger partial charge in [0.15, 0.2) is 5.78 Å². The zero-order valence-corrected chi connectivity index (χ0v) is 16.6. The summed E-state index contributed by atoms with van der Waals surface area (Å²) in [7, 11) is 0. The maximum Gasteiger partial charge on any atom is 0.277 e. The minimum atomic E-state index is -0.280. The van der Waals surface area contributed by atoms with E-state index in [0.29, 0.717) is 11.1 Å². The van der Waals surface area contributed by atoms with Crippen LogP contribution < -0.4 is 0 Å². The first-order valence-electron chi connectivity index (χ1n) is 9.25. The molecule has 5 heteroatoms. The molecular weight excluding hydrogens is 356 g/mol. The summed E-state index contributed by atoms with van der Waals surface area (Å²) in [5.74, 6) is 0.582. The number of hydrogen-bond acceptors (Lipinski definition) is 5. The lowest BCUT2D eigenvalue weighted by Gasteiger charge is -2.09. The zero-order chi connectivity index (χ0) is 19.0. The molecule has 0 N–H and O–H groups in total. The minimum absolute atomic E-state index is 0.0978. The summed E-state index contributed by atoms with van der Waals surface area (Å²) in [5.41, 5.74) is 6.76. The second-order valence-electron chi connectivity index (χ2n) is 7.13. The number of hydrogen-bond donors (Lipinski definition) is 0. The molecule has 0 bridgehead atoms. The monoisotopic (exact) mass is 378 g/mol. The molecule has 0 aliphatic heterocycles. The van der Waals surface area contributed by atoms with E-state index in [1.54, 1.807) is 0 Å². The minimum Gasteiger partial charge on any atom is -0.411 e. The van der Waals surface area contributed by atoms with Crippen LogP contribution in [0.4, 0.5) is 0 Å². The predicted octanol–water partition coefficient (Wildman–Crippen LogP) is 5.21. The summed E-state index contributed by atoms with van der Waals surface area (Å²) in [6, 6.07) is 12.1. The molecule has 0 amide bonds. The summed E-state index contributed by atoms with van der Waals surface area (Å²) >= 11 is 1.31. The summed E-state index contributed by atoms with van der Waals surface area (Å²) < 4.78 is 5.78. The van der Waals surface area contributed by atoms with Crippen LogP contribution in [0.5, 0.6) is 0 Å². The molecule has 2 aromatic carbocycles. The number of aromatic nitrogens is 2. The van der Waals surface area contributed by atoms with E-state index in [-0.39, 0.29) is 11.0 Å². The molecule has 4 rings (SSSR count). The maximum absolute atomic E-state index is 12.8. The van der Waals surface area contributed by atoms with Crippen molar-refractivity contribution in [1.29, 1.82) is 0 Å². The van der Waals surface area contributed by atoms with Crippen molar-refractivity contribution in [2.24, 2.45) is 0 Å². The summed E-state index contributed by atoms with van der Waals surface area (Å²) in [6.07, 6.45) is 3.37. The average Bonchev–Trinajstić information content (AvgIpc) is 3.32. The van der Waals surface area contributed by atoms with Gasteiger partial charge in [0.1, 0.15) is 0 Å². The molecule has 1 heterocycles. The zero-order valence-electron chi connectivity index (χ0n) is 15.8. The lowest BCUT2D eigenvalue weighted by atomic mass is 10.0. The van der Waals surface area contributed by atoms with Crippen LogP contribution in [0.3, 0.4) is 0 Å². The van der Waals surface area contributed by atoms with Gasteiger partial charge in [-0.25, -0.2) is 0 Å². The lowest BCUT2D eigenvalue weighted by molar-refractivity contribution is 0.0993. The molecule has 0 saturated heterocycles. The smallest absolute Gasteiger partial charge is 0.277 e. The van der Waals surface area contributed by atoms with E-state index >= 15 is 0 Å². The molecule has 27 heavy (non-hydrogen) atoms. The Labute approximate surface area is 163 Å². The average molecular weight is 378 g/mol. The third kappa shape index (κ3) is 3.69. The van der Waals surface area contributed by atoms with Crippen molar-refractivity contribution in [2.45, 2.75) is 50.5 Å². The van der Waals surface area contributed by atoms with Crippen LogP contribution in [-0.4, -0.2) is 21.2 Å². The Bertz CT molecular complexity index is 1010. The predicted molar refractivity (Wildman–Crippen MR) is 107 cm³/mol. The molecule has 138 valence electrons. The van der Waals surface area contributed by atoms with Crippen molar-refractivity contribution in [2.75, 3.05) is 0 Å². The molecule has 0 spiro atoms. The number of nitrogens with zero attached hydrogens (tertiary/aromatic N) is 2. The van der Waals surface area contributed by atoms with Gasteiger partial charge in [0.25, 0.3) is 5.22 Å². The molecule has 1 unspecified atom stereocenters. The van der Waals surface area contributed by atoms with E-state index < -0.39 is 0 Å². The van der Waals surface area contributed by atoms with Crippen molar-refractivity contribution >= 4 is 17.5 Å². The highest BCUT2D eigenvalue weighted by Crippen LogP contribution is 2.30. The highest BCUT2D eigenvalue weighted by molar-refractivity contribution is 8.00. The number of rotatable bonds is 5. The van der Waals surface area contributed by atoms with Gasteiger partial charge in [0.2, 0.25) is 5.89 Å². The third-order valence-electron chi connectivity index (χ3n) is 5.19. The van der Waals surface area contributed by atoms with E-state index in [9.17, 15) is 4.79 Å².